The van der Waals surface area contributed by atoms with Gasteiger partial charge in [-0.25, -0.2) is 9.67 Å². The van der Waals surface area contributed by atoms with Crippen LogP contribution in [0.15, 0.2) is 49.1 Å². The van der Waals surface area contributed by atoms with Crippen molar-refractivity contribution in [3.05, 3.63) is 54.6 Å². The highest BCUT2D eigenvalue weighted by atomic mass is 16.7. The van der Waals surface area contributed by atoms with E-state index >= 15 is 0 Å². The predicted molar refractivity (Wildman–Crippen MR) is 83.9 cm³/mol. The molecule has 7 nitrogen and oxygen atoms in total. The largest absolute Gasteiger partial charge is 0.454 e. The van der Waals surface area contributed by atoms with Gasteiger partial charge in [0.15, 0.2) is 17.3 Å². The molecule has 1 aliphatic rings. The lowest BCUT2D eigenvalue weighted by molar-refractivity contribution is 0.174. The van der Waals surface area contributed by atoms with E-state index in [-0.39, 0.29) is 0 Å². The zero-order valence-electron chi connectivity index (χ0n) is 12.3. The van der Waals surface area contributed by atoms with Crippen molar-refractivity contribution in [2.45, 2.75) is 6.42 Å². The quantitative estimate of drug-likeness (QED) is 0.777. The van der Waals surface area contributed by atoms with Crippen LogP contribution < -0.4 is 14.8 Å². The summed E-state index contributed by atoms with van der Waals surface area (Å²) >= 11 is 0. The van der Waals surface area contributed by atoms with Crippen molar-refractivity contribution in [2.75, 3.05) is 18.7 Å². The summed E-state index contributed by atoms with van der Waals surface area (Å²) in [5, 5.41) is 7.43. The second-order valence-electron chi connectivity index (χ2n) is 5.08. The lowest BCUT2D eigenvalue weighted by atomic mass is 10.1. The van der Waals surface area contributed by atoms with Crippen molar-refractivity contribution in [2.24, 2.45) is 0 Å². The van der Waals surface area contributed by atoms with Gasteiger partial charge in [-0.2, -0.15) is 5.10 Å². The Labute approximate surface area is 132 Å². The Morgan fingerprint density at radius 3 is 3.04 bits per heavy atom. The molecule has 0 aliphatic carbocycles. The number of fused-ring (bicyclic) bond motifs is 1. The topological polar surface area (TPSA) is 74.1 Å². The molecule has 1 N–H and O–H groups in total. The average molecular weight is 309 g/mol. The van der Waals surface area contributed by atoms with Gasteiger partial charge < -0.3 is 14.8 Å². The molecule has 0 saturated carbocycles. The molecule has 4 rings (SSSR count). The first kappa shape index (κ1) is 13.6. The predicted octanol–water partition coefficient (Wildman–Crippen LogP) is 2.05. The van der Waals surface area contributed by atoms with Crippen LogP contribution in [-0.2, 0) is 6.42 Å². The van der Waals surface area contributed by atoms with Crippen LogP contribution in [0.5, 0.6) is 11.5 Å². The molecular formula is C16H15N5O2. The van der Waals surface area contributed by atoms with Crippen LogP contribution >= 0.6 is 0 Å². The third-order valence-corrected chi connectivity index (χ3v) is 3.52. The molecule has 0 amide bonds. The summed E-state index contributed by atoms with van der Waals surface area (Å²) in [6.07, 6.45) is 7.77. The van der Waals surface area contributed by atoms with E-state index in [2.05, 4.69) is 20.4 Å². The highest BCUT2D eigenvalue weighted by molar-refractivity contribution is 5.45. The minimum absolute atomic E-state index is 0.298. The SMILES string of the molecule is c1cnn(-c2cncc(NCCc3ccc4c(c3)OCO4)n2)c1. The smallest absolute Gasteiger partial charge is 0.231 e. The summed E-state index contributed by atoms with van der Waals surface area (Å²) in [4.78, 5) is 8.68. The number of aromatic nitrogens is 4. The second kappa shape index (κ2) is 5.96. The van der Waals surface area contributed by atoms with E-state index < -0.39 is 0 Å². The van der Waals surface area contributed by atoms with Crippen LogP contribution in [0.3, 0.4) is 0 Å². The van der Waals surface area contributed by atoms with E-state index in [1.54, 1.807) is 23.3 Å². The number of benzene rings is 1. The second-order valence-corrected chi connectivity index (χ2v) is 5.08. The molecule has 0 atom stereocenters. The van der Waals surface area contributed by atoms with E-state index in [1.807, 2.05) is 30.5 Å². The van der Waals surface area contributed by atoms with Crippen LogP contribution in [0, 0.1) is 0 Å². The average Bonchev–Trinajstić information content (AvgIpc) is 3.26. The fraction of sp³-hybridized carbons (Fsp3) is 0.188. The third kappa shape index (κ3) is 2.94. The van der Waals surface area contributed by atoms with Gasteiger partial charge in [0.05, 0.1) is 12.4 Å². The number of hydrogen-bond acceptors (Lipinski definition) is 6. The summed E-state index contributed by atoms with van der Waals surface area (Å²) in [6, 6.07) is 7.84. The van der Waals surface area contributed by atoms with Gasteiger partial charge in [-0.3, -0.25) is 4.98 Å². The molecule has 3 heterocycles. The summed E-state index contributed by atoms with van der Waals surface area (Å²) < 4.78 is 12.4. The zero-order chi connectivity index (χ0) is 15.5. The Kier molecular flexibility index (Phi) is 3.51. The molecular weight excluding hydrogens is 294 g/mol. The molecule has 0 fully saturated rings. The number of rotatable bonds is 5. The van der Waals surface area contributed by atoms with Gasteiger partial charge in [-0.1, -0.05) is 6.07 Å². The van der Waals surface area contributed by atoms with Crippen molar-refractivity contribution in [3.63, 3.8) is 0 Å². The van der Waals surface area contributed by atoms with Gasteiger partial charge >= 0.3 is 0 Å². The fourth-order valence-electron chi connectivity index (χ4n) is 2.39. The maximum atomic E-state index is 5.39. The Morgan fingerprint density at radius 2 is 2.13 bits per heavy atom. The fourth-order valence-corrected chi connectivity index (χ4v) is 2.39. The molecule has 1 aliphatic heterocycles. The normalized spacial score (nSPS) is 12.3. The summed E-state index contributed by atoms with van der Waals surface area (Å²) in [6.45, 7) is 1.05. The van der Waals surface area contributed by atoms with Crippen molar-refractivity contribution in [1.29, 1.82) is 0 Å². The summed E-state index contributed by atoms with van der Waals surface area (Å²) in [7, 11) is 0. The van der Waals surface area contributed by atoms with Crippen molar-refractivity contribution in [1.82, 2.24) is 19.7 Å². The molecule has 0 unspecified atom stereocenters. The number of anilines is 1. The van der Waals surface area contributed by atoms with Gasteiger partial charge in [0.1, 0.15) is 5.82 Å². The molecule has 23 heavy (non-hydrogen) atoms. The molecule has 0 saturated heterocycles. The van der Waals surface area contributed by atoms with Crippen molar-refractivity contribution < 1.29 is 9.47 Å². The monoisotopic (exact) mass is 309 g/mol. The van der Waals surface area contributed by atoms with Gasteiger partial charge in [0, 0.05) is 18.9 Å². The minimum atomic E-state index is 0.298. The van der Waals surface area contributed by atoms with Gasteiger partial charge in [-0.15, -0.1) is 0 Å². The first-order chi connectivity index (χ1) is 11.4. The van der Waals surface area contributed by atoms with Gasteiger partial charge in [0.25, 0.3) is 0 Å². The number of ether oxygens (including phenoxy) is 2. The van der Waals surface area contributed by atoms with Crippen LogP contribution in [0.4, 0.5) is 5.82 Å². The minimum Gasteiger partial charge on any atom is -0.454 e. The molecule has 116 valence electrons. The standard InChI is InChI=1S/C16H15N5O2/c1-5-19-21(7-1)16-10-17-9-15(20-16)18-6-4-12-2-3-13-14(8-12)23-11-22-13/h1-3,5,7-10H,4,6,11H2,(H,18,20). The van der Waals surface area contributed by atoms with Gasteiger partial charge in [-0.05, 0) is 30.2 Å². The van der Waals surface area contributed by atoms with Crippen LogP contribution in [0.25, 0.3) is 5.82 Å². The Balaban J connectivity index is 1.39. The zero-order valence-corrected chi connectivity index (χ0v) is 12.3. The molecule has 0 radical (unpaired) electrons. The van der Waals surface area contributed by atoms with Gasteiger partial charge in [0.2, 0.25) is 6.79 Å². The van der Waals surface area contributed by atoms with Crippen LogP contribution in [0.2, 0.25) is 0 Å². The van der Waals surface area contributed by atoms with Crippen LogP contribution in [0.1, 0.15) is 5.56 Å². The first-order valence-corrected chi connectivity index (χ1v) is 7.33. The lowest BCUT2D eigenvalue weighted by Gasteiger charge is -2.07. The Hall–Kier alpha value is -3.09. The maximum absolute atomic E-state index is 5.39. The maximum Gasteiger partial charge on any atom is 0.231 e. The molecule has 2 aromatic heterocycles. The summed E-state index contributed by atoms with van der Waals surface area (Å²) in [5.74, 6) is 3.02. The molecule has 7 heteroatoms. The van der Waals surface area contributed by atoms with Crippen molar-refractivity contribution in [3.8, 4) is 17.3 Å². The van der Waals surface area contributed by atoms with Crippen molar-refractivity contribution >= 4 is 5.82 Å². The van der Waals surface area contributed by atoms with E-state index in [0.29, 0.717) is 12.6 Å². The Morgan fingerprint density at radius 1 is 1.17 bits per heavy atom. The molecule has 1 aromatic carbocycles. The first-order valence-electron chi connectivity index (χ1n) is 7.33. The Bertz CT molecular complexity index is 804. The number of hydrogen-bond donors (Lipinski definition) is 1. The van der Waals surface area contributed by atoms with Crippen LogP contribution in [-0.4, -0.2) is 33.1 Å². The van der Waals surface area contributed by atoms with E-state index in [4.69, 9.17) is 9.47 Å². The third-order valence-electron chi connectivity index (χ3n) is 3.52. The lowest BCUT2D eigenvalue weighted by Crippen LogP contribution is -2.08. The van der Waals surface area contributed by atoms with E-state index in [9.17, 15) is 0 Å². The highest BCUT2D eigenvalue weighted by Gasteiger charge is 2.12. The highest BCUT2D eigenvalue weighted by Crippen LogP contribution is 2.32. The number of nitrogens with zero attached hydrogens (tertiary/aromatic N) is 4. The molecule has 3 aromatic rings. The van der Waals surface area contributed by atoms with E-state index in [0.717, 1.165) is 30.3 Å². The van der Waals surface area contributed by atoms with E-state index in [1.165, 1.54) is 5.56 Å². The molecule has 0 bridgehead atoms. The molecule has 0 spiro atoms. The summed E-state index contributed by atoms with van der Waals surface area (Å²) in [5.41, 5.74) is 1.18. The number of nitrogens with one attached hydrogen (secondary N) is 1.